The van der Waals surface area contributed by atoms with Gasteiger partial charge >= 0.3 is 5.97 Å². The molecule has 1 heterocycles. The highest BCUT2D eigenvalue weighted by atomic mass is 16.5. The number of hydrogen-bond donors (Lipinski definition) is 0. The topological polar surface area (TPSA) is 26.3 Å². The van der Waals surface area contributed by atoms with Crippen molar-refractivity contribution in [2.24, 2.45) is 0 Å². The molecule has 0 saturated heterocycles. The van der Waals surface area contributed by atoms with Crippen LogP contribution in [-0.2, 0) is 9.53 Å². The van der Waals surface area contributed by atoms with Crippen LogP contribution >= 0.6 is 0 Å². The second-order valence-corrected chi connectivity index (χ2v) is 5.41. The molecule has 0 unspecified atom stereocenters. The van der Waals surface area contributed by atoms with Crippen LogP contribution in [0.25, 0.3) is 0 Å². The summed E-state index contributed by atoms with van der Waals surface area (Å²) in [5, 5.41) is 0. The van der Waals surface area contributed by atoms with Gasteiger partial charge < -0.3 is 4.74 Å². The van der Waals surface area contributed by atoms with E-state index < -0.39 is 0 Å². The Morgan fingerprint density at radius 2 is 1.50 bits per heavy atom. The van der Waals surface area contributed by atoms with E-state index in [0.29, 0.717) is 0 Å². The minimum absolute atomic E-state index is 0.0649. The summed E-state index contributed by atoms with van der Waals surface area (Å²) in [6.07, 6.45) is 17.4. The number of esters is 1. The molecule has 1 atom stereocenters. The maximum atomic E-state index is 11.5. The van der Waals surface area contributed by atoms with Gasteiger partial charge in [-0.25, -0.2) is 4.79 Å². The van der Waals surface area contributed by atoms with Crippen LogP contribution in [0.3, 0.4) is 0 Å². The third kappa shape index (κ3) is 8.32. The highest BCUT2D eigenvalue weighted by molar-refractivity contribution is 5.81. The van der Waals surface area contributed by atoms with Gasteiger partial charge in [0.1, 0.15) is 0 Å². The molecule has 0 amide bonds. The normalized spacial score (nSPS) is 27.4. The standard InChI is InChI=1S/C16H28O2/c1-15-13-11-9-7-5-3-2-4-6-8-10-12-14-16(17)18-15/h12,14-15H,2-11,13H2,1H3/b14-12+/t15-/m1/s1. The molecular weight excluding hydrogens is 224 g/mol. The minimum Gasteiger partial charge on any atom is -0.460 e. The third-order valence-corrected chi connectivity index (χ3v) is 3.55. The van der Waals surface area contributed by atoms with Crippen molar-refractivity contribution in [1.82, 2.24) is 0 Å². The van der Waals surface area contributed by atoms with Crippen molar-refractivity contribution in [1.29, 1.82) is 0 Å². The van der Waals surface area contributed by atoms with Crippen LogP contribution in [0.5, 0.6) is 0 Å². The van der Waals surface area contributed by atoms with E-state index in [4.69, 9.17) is 4.74 Å². The van der Waals surface area contributed by atoms with Crippen LogP contribution in [0.2, 0.25) is 0 Å². The average Bonchev–Trinajstić information content (AvgIpc) is 2.33. The van der Waals surface area contributed by atoms with Crippen molar-refractivity contribution in [3.63, 3.8) is 0 Å². The fraction of sp³-hybridized carbons (Fsp3) is 0.812. The molecule has 104 valence electrons. The van der Waals surface area contributed by atoms with E-state index in [2.05, 4.69) is 0 Å². The number of allylic oxidation sites excluding steroid dienone is 1. The lowest BCUT2D eigenvalue weighted by Gasteiger charge is -2.11. The molecule has 0 aromatic carbocycles. The summed E-state index contributed by atoms with van der Waals surface area (Å²) in [6, 6.07) is 0. The number of cyclic esters (lactones) is 1. The molecule has 0 aromatic heterocycles. The van der Waals surface area contributed by atoms with Crippen LogP contribution in [0.4, 0.5) is 0 Å². The van der Waals surface area contributed by atoms with Crippen LogP contribution in [0.1, 0.15) is 77.6 Å². The van der Waals surface area contributed by atoms with Crippen molar-refractivity contribution >= 4 is 5.97 Å². The Bertz CT molecular complexity index is 245. The van der Waals surface area contributed by atoms with E-state index in [1.54, 1.807) is 6.08 Å². The van der Waals surface area contributed by atoms with Gasteiger partial charge in [-0.15, -0.1) is 0 Å². The quantitative estimate of drug-likeness (QED) is 0.580. The lowest BCUT2D eigenvalue weighted by molar-refractivity contribution is -0.142. The van der Waals surface area contributed by atoms with E-state index in [-0.39, 0.29) is 12.1 Å². The molecule has 2 nitrogen and oxygen atoms in total. The SMILES string of the molecule is C[C@@H]1CCCCCCCCCCC/C=C/C(=O)O1. The predicted molar refractivity (Wildman–Crippen MR) is 75.5 cm³/mol. The maximum absolute atomic E-state index is 11.5. The Labute approximate surface area is 112 Å². The van der Waals surface area contributed by atoms with E-state index in [1.165, 1.54) is 57.8 Å². The molecule has 0 aromatic rings. The molecule has 0 radical (unpaired) electrons. The van der Waals surface area contributed by atoms with E-state index in [0.717, 1.165) is 12.8 Å². The molecule has 0 aliphatic carbocycles. The van der Waals surface area contributed by atoms with Gasteiger partial charge in [-0.1, -0.05) is 51.0 Å². The van der Waals surface area contributed by atoms with Gasteiger partial charge in [-0.3, -0.25) is 0 Å². The van der Waals surface area contributed by atoms with Crippen LogP contribution in [0.15, 0.2) is 12.2 Å². The maximum Gasteiger partial charge on any atom is 0.330 e. The minimum atomic E-state index is -0.172. The zero-order valence-electron chi connectivity index (χ0n) is 11.8. The van der Waals surface area contributed by atoms with Gasteiger partial charge in [0.05, 0.1) is 6.10 Å². The molecule has 0 fully saturated rings. The van der Waals surface area contributed by atoms with Gasteiger partial charge in [-0.2, -0.15) is 0 Å². The molecule has 0 saturated carbocycles. The Morgan fingerprint density at radius 1 is 0.944 bits per heavy atom. The first-order valence-electron chi connectivity index (χ1n) is 7.66. The second kappa shape index (κ2) is 10.2. The fourth-order valence-electron chi connectivity index (χ4n) is 2.41. The summed E-state index contributed by atoms with van der Waals surface area (Å²) in [4.78, 5) is 11.5. The monoisotopic (exact) mass is 252 g/mol. The molecule has 0 spiro atoms. The zero-order chi connectivity index (χ0) is 13.1. The molecule has 1 aliphatic rings. The van der Waals surface area contributed by atoms with Crippen molar-refractivity contribution in [2.75, 3.05) is 0 Å². The van der Waals surface area contributed by atoms with Crippen LogP contribution < -0.4 is 0 Å². The van der Waals surface area contributed by atoms with Gasteiger partial charge in [-0.05, 0) is 32.6 Å². The number of carbonyl (C=O) groups excluding carboxylic acids is 1. The fourth-order valence-corrected chi connectivity index (χ4v) is 2.41. The summed E-state index contributed by atoms with van der Waals surface area (Å²) in [6.45, 7) is 1.99. The van der Waals surface area contributed by atoms with E-state index in [9.17, 15) is 4.79 Å². The zero-order valence-corrected chi connectivity index (χ0v) is 11.8. The number of carbonyl (C=O) groups is 1. The van der Waals surface area contributed by atoms with Gasteiger partial charge in [0, 0.05) is 6.08 Å². The Balaban J connectivity index is 2.30. The summed E-state index contributed by atoms with van der Waals surface area (Å²) < 4.78 is 5.33. The van der Waals surface area contributed by atoms with Crippen molar-refractivity contribution in [2.45, 2.75) is 83.7 Å². The molecule has 18 heavy (non-hydrogen) atoms. The molecule has 0 bridgehead atoms. The summed E-state index contributed by atoms with van der Waals surface area (Å²) >= 11 is 0. The Kier molecular flexibility index (Phi) is 8.62. The first-order chi connectivity index (χ1) is 8.79. The first-order valence-corrected chi connectivity index (χ1v) is 7.66. The summed E-state index contributed by atoms with van der Waals surface area (Å²) in [5.74, 6) is -0.172. The Morgan fingerprint density at radius 3 is 2.17 bits per heavy atom. The third-order valence-electron chi connectivity index (χ3n) is 3.55. The largest absolute Gasteiger partial charge is 0.460 e. The first kappa shape index (κ1) is 15.3. The van der Waals surface area contributed by atoms with Crippen LogP contribution in [-0.4, -0.2) is 12.1 Å². The number of hydrogen-bond acceptors (Lipinski definition) is 2. The molecule has 0 N–H and O–H groups in total. The van der Waals surface area contributed by atoms with Gasteiger partial charge in [0.15, 0.2) is 0 Å². The highest BCUT2D eigenvalue weighted by Crippen LogP contribution is 2.13. The van der Waals surface area contributed by atoms with Gasteiger partial charge in [0.2, 0.25) is 0 Å². The number of ether oxygens (including phenoxy) is 1. The lowest BCUT2D eigenvalue weighted by atomic mass is 10.0. The number of rotatable bonds is 0. The highest BCUT2D eigenvalue weighted by Gasteiger charge is 2.06. The summed E-state index contributed by atoms with van der Waals surface area (Å²) in [5.41, 5.74) is 0. The van der Waals surface area contributed by atoms with E-state index >= 15 is 0 Å². The van der Waals surface area contributed by atoms with E-state index in [1.807, 2.05) is 13.0 Å². The van der Waals surface area contributed by atoms with Crippen LogP contribution in [0, 0.1) is 0 Å². The Hall–Kier alpha value is -0.790. The molecule has 2 heteroatoms. The molecular formula is C16H28O2. The van der Waals surface area contributed by atoms with Crippen molar-refractivity contribution in [3.05, 3.63) is 12.2 Å². The smallest absolute Gasteiger partial charge is 0.330 e. The lowest BCUT2D eigenvalue weighted by Crippen LogP contribution is -2.12. The summed E-state index contributed by atoms with van der Waals surface area (Å²) in [7, 11) is 0. The second-order valence-electron chi connectivity index (χ2n) is 5.41. The molecule has 1 aliphatic heterocycles. The van der Waals surface area contributed by atoms with Crippen molar-refractivity contribution < 1.29 is 9.53 Å². The van der Waals surface area contributed by atoms with Crippen molar-refractivity contribution in [3.8, 4) is 0 Å². The average molecular weight is 252 g/mol. The van der Waals surface area contributed by atoms with Gasteiger partial charge in [0.25, 0.3) is 0 Å². The predicted octanol–water partition coefficient (Wildman–Crippen LogP) is 4.78. The molecule has 1 rings (SSSR count).